The van der Waals surface area contributed by atoms with Gasteiger partial charge in [-0.15, -0.1) is 11.3 Å². The predicted octanol–water partition coefficient (Wildman–Crippen LogP) is 3.26. The highest BCUT2D eigenvalue weighted by molar-refractivity contribution is 7.15. The average molecular weight is 294 g/mol. The Hall–Kier alpha value is -2.27. The molecule has 2 heterocycles. The summed E-state index contributed by atoms with van der Waals surface area (Å²) in [5.74, 6) is 1.18. The minimum absolute atomic E-state index is 0.502. The normalized spacial score (nSPS) is 12.8. The van der Waals surface area contributed by atoms with Crippen LogP contribution in [0.4, 0.5) is 5.82 Å². The summed E-state index contributed by atoms with van der Waals surface area (Å²) in [6, 6.07) is 8.48. The SMILES string of the molecule is Cc1ncc(-c2nc3c(s2)CCc2ccccc2-3)c(N)n1. The van der Waals surface area contributed by atoms with E-state index in [1.807, 2.05) is 6.92 Å². The quantitative estimate of drug-likeness (QED) is 0.748. The summed E-state index contributed by atoms with van der Waals surface area (Å²) < 4.78 is 0. The molecule has 0 bridgehead atoms. The smallest absolute Gasteiger partial charge is 0.137 e. The van der Waals surface area contributed by atoms with E-state index >= 15 is 0 Å². The molecule has 1 aliphatic carbocycles. The zero-order valence-corrected chi connectivity index (χ0v) is 12.4. The zero-order valence-electron chi connectivity index (χ0n) is 11.6. The Kier molecular flexibility index (Phi) is 2.75. The van der Waals surface area contributed by atoms with Gasteiger partial charge in [0.05, 0.1) is 11.3 Å². The van der Waals surface area contributed by atoms with Gasteiger partial charge in [-0.05, 0) is 25.3 Å². The van der Waals surface area contributed by atoms with E-state index in [1.54, 1.807) is 17.5 Å². The maximum absolute atomic E-state index is 6.02. The lowest BCUT2D eigenvalue weighted by atomic mass is 9.94. The summed E-state index contributed by atoms with van der Waals surface area (Å²) in [4.78, 5) is 14.6. The van der Waals surface area contributed by atoms with Crippen LogP contribution in [-0.4, -0.2) is 15.0 Å². The van der Waals surface area contributed by atoms with Crippen molar-refractivity contribution >= 4 is 17.2 Å². The van der Waals surface area contributed by atoms with E-state index < -0.39 is 0 Å². The number of thiazole rings is 1. The molecule has 0 saturated carbocycles. The summed E-state index contributed by atoms with van der Waals surface area (Å²) in [5, 5.41) is 0.911. The third-order valence-electron chi connectivity index (χ3n) is 3.76. The van der Waals surface area contributed by atoms with Crippen molar-refractivity contribution in [3.8, 4) is 21.8 Å². The molecule has 4 rings (SSSR count). The monoisotopic (exact) mass is 294 g/mol. The maximum atomic E-state index is 6.02. The minimum Gasteiger partial charge on any atom is -0.383 e. The fraction of sp³-hybridized carbons (Fsp3) is 0.188. The highest BCUT2D eigenvalue weighted by atomic mass is 32.1. The van der Waals surface area contributed by atoms with Gasteiger partial charge in [-0.3, -0.25) is 0 Å². The van der Waals surface area contributed by atoms with Gasteiger partial charge in [-0.2, -0.15) is 0 Å². The molecule has 3 aromatic rings. The van der Waals surface area contributed by atoms with Crippen LogP contribution in [0.2, 0.25) is 0 Å². The molecule has 0 aliphatic heterocycles. The molecule has 21 heavy (non-hydrogen) atoms. The number of aromatic nitrogens is 3. The van der Waals surface area contributed by atoms with Crippen LogP contribution in [0.3, 0.4) is 0 Å². The molecular formula is C16H14N4S. The number of anilines is 1. The molecule has 0 unspecified atom stereocenters. The summed E-state index contributed by atoms with van der Waals surface area (Å²) in [7, 11) is 0. The number of benzene rings is 1. The first-order chi connectivity index (χ1) is 10.2. The van der Waals surface area contributed by atoms with Gasteiger partial charge in [0.1, 0.15) is 16.6 Å². The van der Waals surface area contributed by atoms with Crippen molar-refractivity contribution in [2.24, 2.45) is 0 Å². The van der Waals surface area contributed by atoms with Gasteiger partial charge < -0.3 is 5.73 Å². The van der Waals surface area contributed by atoms with Gasteiger partial charge in [0.2, 0.25) is 0 Å². The average Bonchev–Trinajstić information content (AvgIpc) is 2.91. The molecule has 0 fully saturated rings. The third kappa shape index (κ3) is 2.01. The van der Waals surface area contributed by atoms with Crippen LogP contribution < -0.4 is 5.73 Å². The Balaban J connectivity index is 1.87. The van der Waals surface area contributed by atoms with Gasteiger partial charge in [0, 0.05) is 16.6 Å². The molecule has 4 nitrogen and oxygen atoms in total. The van der Waals surface area contributed by atoms with Crippen molar-refractivity contribution in [2.75, 3.05) is 5.73 Å². The molecule has 0 saturated heterocycles. The van der Waals surface area contributed by atoms with Crippen LogP contribution in [-0.2, 0) is 12.8 Å². The zero-order chi connectivity index (χ0) is 14.4. The van der Waals surface area contributed by atoms with E-state index in [0.29, 0.717) is 11.6 Å². The minimum atomic E-state index is 0.502. The molecule has 1 aromatic carbocycles. The predicted molar refractivity (Wildman–Crippen MR) is 85.1 cm³/mol. The summed E-state index contributed by atoms with van der Waals surface area (Å²) in [6.45, 7) is 1.84. The Labute approximate surface area is 126 Å². The number of aryl methyl sites for hydroxylation is 3. The van der Waals surface area contributed by atoms with Crippen LogP contribution in [0.5, 0.6) is 0 Å². The molecule has 5 heteroatoms. The lowest BCUT2D eigenvalue weighted by Gasteiger charge is -2.13. The Morgan fingerprint density at radius 2 is 1.95 bits per heavy atom. The molecule has 1 aliphatic rings. The second-order valence-electron chi connectivity index (χ2n) is 5.16. The number of nitrogen functional groups attached to an aromatic ring is 1. The highest BCUT2D eigenvalue weighted by Crippen LogP contribution is 2.40. The van der Waals surface area contributed by atoms with E-state index in [-0.39, 0.29) is 0 Å². The lowest BCUT2D eigenvalue weighted by Crippen LogP contribution is -2.01. The fourth-order valence-electron chi connectivity index (χ4n) is 2.72. The van der Waals surface area contributed by atoms with Crippen molar-refractivity contribution < 1.29 is 0 Å². The number of nitrogens with zero attached hydrogens (tertiary/aromatic N) is 3. The van der Waals surface area contributed by atoms with E-state index in [1.165, 1.54) is 16.0 Å². The third-order valence-corrected chi connectivity index (χ3v) is 4.91. The van der Waals surface area contributed by atoms with Crippen LogP contribution in [0.15, 0.2) is 30.5 Å². The molecular weight excluding hydrogens is 280 g/mol. The van der Waals surface area contributed by atoms with Gasteiger partial charge in [0.15, 0.2) is 0 Å². The highest BCUT2D eigenvalue weighted by Gasteiger charge is 2.22. The van der Waals surface area contributed by atoms with Crippen LogP contribution >= 0.6 is 11.3 Å². The van der Waals surface area contributed by atoms with Crippen molar-refractivity contribution in [3.05, 3.63) is 46.7 Å². The number of nitrogens with two attached hydrogens (primary N) is 1. The standard InChI is InChI=1S/C16H14N4S/c1-9-18-8-12(15(17)19-9)16-20-14-11-5-3-2-4-10(11)6-7-13(14)21-16/h2-5,8H,6-7H2,1H3,(H2,17,18,19). The Morgan fingerprint density at radius 1 is 1.10 bits per heavy atom. The van der Waals surface area contributed by atoms with Crippen molar-refractivity contribution in [1.82, 2.24) is 15.0 Å². The summed E-state index contributed by atoms with van der Waals surface area (Å²) in [5.41, 5.74) is 10.6. The Morgan fingerprint density at radius 3 is 2.81 bits per heavy atom. The van der Waals surface area contributed by atoms with Gasteiger partial charge in [-0.1, -0.05) is 24.3 Å². The first-order valence-electron chi connectivity index (χ1n) is 6.90. The largest absolute Gasteiger partial charge is 0.383 e. The molecule has 0 spiro atoms. The Bertz CT molecular complexity index is 838. The molecule has 0 amide bonds. The van der Waals surface area contributed by atoms with E-state index in [9.17, 15) is 0 Å². The second-order valence-corrected chi connectivity index (χ2v) is 6.25. The molecule has 104 valence electrons. The number of fused-ring (bicyclic) bond motifs is 3. The van der Waals surface area contributed by atoms with Crippen molar-refractivity contribution in [2.45, 2.75) is 19.8 Å². The number of hydrogen-bond donors (Lipinski definition) is 1. The summed E-state index contributed by atoms with van der Waals surface area (Å²) >= 11 is 1.70. The summed E-state index contributed by atoms with van der Waals surface area (Å²) in [6.07, 6.45) is 3.88. The van der Waals surface area contributed by atoms with E-state index in [4.69, 9.17) is 10.7 Å². The number of hydrogen-bond acceptors (Lipinski definition) is 5. The van der Waals surface area contributed by atoms with Gasteiger partial charge in [0.25, 0.3) is 0 Å². The maximum Gasteiger partial charge on any atom is 0.137 e. The number of rotatable bonds is 1. The first-order valence-corrected chi connectivity index (χ1v) is 7.71. The molecule has 2 aromatic heterocycles. The molecule has 2 N–H and O–H groups in total. The van der Waals surface area contributed by atoms with Crippen LogP contribution in [0.1, 0.15) is 16.3 Å². The van der Waals surface area contributed by atoms with E-state index in [2.05, 4.69) is 34.2 Å². The van der Waals surface area contributed by atoms with Crippen molar-refractivity contribution in [1.29, 1.82) is 0 Å². The second kappa shape index (κ2) is 4.63. The molecule has 0 radical (unpaired) electrons. The van der Waals surface area contributed by atoms with E-state index in [0.717, 1.165) is 29.1 Å². The van der Waals surface area contributed by atoms with Gasteiger partial charge >= 0.3 is 0 Å². The lowest BCUT2D eigenvalue weighted by molar-refractivity contribution is 0.955. The first kappa shape index (κ1) is 12.5. The van der Waals surface area contributed by atoms with Crippen molar-refractivity contribution in [3.63, 3.8) is 0 Å². The van der Waals surface area contributed by atoms with Gasteiger partial charge in [-0.25, -0.2) is 15.0 Å². The molecule has 0 atom stereocenters. The van der Waals surface area contributed by atoms with Crippen LogP contribution in [0.25, 0.3) is 21.8 Å². The van der Waals surface area contributed by atoms with Crippen LogP contribution in [0, 0.1) is 6.92 Å². The fourth-order valence-corrected chi connectivity index (χ4v) is 3.81. The topological polar surface area (TPSA) is 64.7 Å².